The maximum absolute atomic E-state index is 12.2. The Balaban J connectivity index is 1.84. The highest BCUT2D eigenvalue weighted by Gasteiger charge is 2.25. The summed E-state index contributed by atoms with van der Waals surface area (Å²) in [5.41, 5.74) is 0. The van der Waals surface area contributed by atoms with Crippen LogP contribution in [0.4, 0.5) is 0 Å². The maximum atomic E-state index is 12.2. The van der Waals surface area contributed by atoms with Gasteiger partial charge in [-0.05, 0) is 37.3 Å². The molecule has 1 aliphatic rings. The first kappa shape index (κ1) is 14.6. The second kappa shape index (κ2) is 6.59. The summed E-state index contributed by atoms with van der Waals surface area (Å²) in [7, 11) is 0. The molecule has 1 fully saturated rings. The zero-order chi connectivity index (χ0) is 14.5. The monoisotopic (exact) mass is 279 g/mol. The first-order chi connectivity index (χ1) is 9.60. The molecule has 110 valence electrons. The van der Waals surface area contributed by atoms with Crippen LogP contribution in [0.3, 0.4) is 0 Å². The molecule has 2 heterocycles. The number of hydrogen-bond donors (Lipinski definition) is 1. The van der Waals surface area contributed by atoms with E-state index in [4.69, 9.17) is 9.52 Å². The van der Waals surface area contributed by atoms with Crippen LogP contribution in [0.25, 0.3) is 0 Å². The number of carboxylic acids is 1. The van der Waals surface area contributed by atoms with E-state index in [1.165, 1.54) is 0 Å². The van der Waals surface area contributed by atoms with Crippen LogP contribution in [0.5, 0.6) is 0 Å². The Kier molecular flexibility index (Phi) is 4.82. The van der Waals surface area contributed by atoms with E-state index >= 15 is 0 Å². The summed E-state index contributed by atoms with van der Waals surface area (Å²) in [6, 6.07) is 3.57. The quantitative estimate of drug-likeness (QED) is 0.899. The molecule has 5 heteroatoms. The molecule has 5 nitrogen and oxygen atoms in total. The molecule has 1 aliphatic heterocycles. The highest BCUT2D eigenvalue weighted by molar-refractivity contribution is 5.91. The summed E-state index contributed by atoms with van der Waals surface area (Å²) in [5.74, 6) is 0.848. The second-order valence-electron chi connectivity index (χ2n) is 5.29. The molecule has 1 amide bonds. The molecular formula is C15H21NO4. The molecule has 0 aliphatic carbocycles. The van der Waals surface area contributed by atoms with E-state index < -0.39 is 5.97 Å². The van der Waals surface area contributed by atoms with Gasteiger partial charge in [0.2, 0.25) is 0 Å². The molecule has 0 spiro atoms. The molecule has 1 aromatic heterocycles. The zero-order valence-corrected chi connectivity index (χ0v) is 11.8. The lowest BCUT2D eigenvalue weighted by molar-refractivity contribution is -0.137. The molecule has 0 bridgehead atoms. The van der Waals surface area contributed by atoms with Gasteiger partial charge in [0.25, 0.3) is 5.91 Å². The molecule has 20 heavy (non-hydrogen) atoms. The lowest BCUT2D eigenvalue weighted by atomic mass is 9.92. The third-order valence-corrected chi connectivity index (χ3v) is 3.89. The largest absolute Gasteiger partial charge is 0.481 e. The standard InChI is InChI=1S/C15H21NO4/c1-2-12-4-5-13(20-12)15(19)16-9-7-11(8-10-16)3-6-14(17)18/h4-5,11H,2-3,6-10H2,1H3,(H,17,18). The molecule has 0 radical (unpaired) electrons. The fourth-order valence-electron chi connectivity index (χ4n) is 2.59. The number of carbonyl (C=O) groups excluding carboxylic acids is 1. The van der Waals surface area contributed by atoms with Crippen LogP contribution in [0, 0.1) is 5.92 Å². The van der Waals surface area contributed by atoms with Crippen molar-refractivity contribution in [3.63, 3.8) is 0 Å². The van der Waals surface area contributed by atoms with Gasteiger partial charge < -0.3 is 14.4 Å². The number of furan rings is 1. The minimum absolute atomic E-state index is 0.0543. The van der Waals surface area contributed by atoms with Crippen molar-refractivity contribution in [3.8, 4) is 0 Å². The van der Waals surface area contributed by atoms with Crippen LogP contribution in [0.1, 0.15) is 48.9 Å². The van der Waals surface area contributed by atoms with Gasteiger partial charge >= 0.3 is 5.97 Å². The van der Waals surface area contributed by atoms with Crippen LogP contribution in [-0.4, -0.2) is 35.0 Å². The lowest BCUT2D eigenvalue weighted by Crippen LogP contribution is -2.38. The lowest BCUT2D eigenvalue weighted by Gasteiger charge is -2.31. The predicted molar refractivity (Wildman–Crippen MR) is 73.6 cm³/mol. The fourth-order valence-corrected chi connectivity index (χ4v) is 2.59. The first-order valence-corrected chi connectivity index (χ1v) is 7.20. The molecule has 0 aromatic carbocycles. The summed E-state index contributed by atoms with van der Waals surface area (Å²) in [6.07, 6.45) is 3.46. The number of nitrogens with zero attached hydrogens (tertiary/aromatic N) is 1. The van der Waals surface area contributed by atoms with Crippen molar-refractivity contribution >= 4 is 11.9 Å². The summed E-state index contributed by atoms with van der Waals surface area (Å²) in [4.78, 5) is 24.6. The van der Waals surface area contributed by atoms with E-state index in [-0.39, 0.29) is 12.3 Å². The number of rotatable bonds is 5. The molecule has 1 saturated heterocycles. The van der Waals surface area contributed by atoms with Gasteiger partial charge in [-0.3, -0.25) is 9.59 Å². The first-order valence-electron chi connectivity index (χ1n) is 7.20. The van der Waals surface area contributed by atoms with E-state index in [0.29, 0.717) is 31.2 Å². The van der Waals surface area contributed by atoms with E-state index in [2.05, 4.69) is 0 Å². The Bertz CT molecular complexity index is 472. The van der Waals surface area contributed by atoms with Crippen molar-refractivity contribution in [2.45, 2.75) is 39.0 Å². The number of piperidine rings is 1. The number of amides is 1. The Morgan fingerprint density at radius 1 is 1.35 bits per heavy atom. The topological polar surface area (TPSA) is 70.8 Å². The average molecular weight is 279 g/mol. The molecule has 1 aromatic rings. The molecule has 0 atom stereocenters. The number of aliphatic carboxylic acids is 1. The van der Waals surface area contributed by atoms with Gasteiger partial charge in [0.05, 0.1) is 0 Å². The second-order valence-corrected chi connectivity index (χ2v) is 5.29. The van der Waals surface area contributed by atoms with Gasteiger partial charge in [-0.1, -0.05) is 6.92 Å². The van der Waals surface area contributed by atoms with Crippen molar-refractivity contribution in [2.75, 3.05) is 13.1 Å². The normalized spacial score (nSPS) is 16.4. The Morgan fingerprint density at radius 3 is 2.60 bits per heavy atom. The SMILES string of the molecule is CCc1ccc(C(=O)N2CCC(CCC(=O)O)CC2)o1. The number of carboxylic acid groups (broad SMARTS) is 1. The van der Waals surface area contributed by atoms with Gasteiger partial charge in [-0.25, -0.2) is 0 Å². The van der Waals surface area contributed by atoms with Gasteiger partial charge in [-0.15, -0.1) is 0 Å². The zero-order valence-electron chi connectivity index (χ0n) is 11.8. The van der Waals surface area contributed by atoms with Crippen molar-refractivity contribution in [1.82, 2.24) is 4.90 Å². The smallest absolute Gasteiger partial charge is 0.303 e. The van der Waals surface area contributed by atoms with Crippen LogP contribution < -0.4 is 0 Å². The minimum atomic E-state index is -0.744. The van der Waals surface area contributed by atoms with Crippen LogP contribution in [-0.2, 0) is 11.2 Å². The Morgan fingerprint density at radius 2 is 2.05 bits per heavy atom. The Labute approximate surface area is 118 Å². The van der Waals surface area contributed by atoms with Crippen LogP contribution in [0.2, 0.25) is 0 Å². The Hall–Kier alpha value is -1.78. The van der Waals surface area contributed by atoms with E-state index in [0.717, 1.165) is 25.0 Å². The van der Waals surface area contributed by atoms with Crippen LogP contribution in [0.15, 0.2) is 16.5 Å². The fraction of sp³-hybridized carbons (Fsp3) is 0.600. The molecule has 0 unspecified atom stereocenters. The number of carbonyl (C=O) groups is 2. The molecular weight excluding hydrogens is 258 g/mol. The molecule has 2 rings (SSSR count). The van der Waals surface area contributed by atoms with Crippen molar-refractivity contribution < 1.29 is 19.1 Å². The third kappa shape index (κ3) is 3.62. The average Bonchev–Trinajstić information content (AvgIpc) is 2.94. The van der Waals surface area contributed by atoms with Crippen molar-refractivity contribution in [3.05, 3.63) is 23.7 Å². The van der Waals surface area contributed by atoms with Crippen molar-refractivity contribution in [2.24, 2.45) is 5.92 Å². The number of aryl methyl sites for hydroxylation is 1. The van der Waals surface area contributed by atoms with Gasteiger partial charge in [0.1, 0.15) is 5.76 Å². The maximum Gasteiger partial charge on any atom is 0.303 e. The summed E-state index contributed by atoms with van der Waals surface area (Å²) < 4.78 is 5.48. The molecule has 0 saturated carbocycles. The summed E-state index contributed by atoms with van der Waals surface area (Å²) in [6.45, 7) is 3.36. The number of likely N-dealkylation sites (tertiary alicyclic amines) is 1. The number of hydrogen-bond acceptors (Lipinski definition) is 3. The summed E-state index contributed by atoms with van der Waals surface area (Å²) >= 11 is 0. The van der Waals surface area contributed by atoms with E-state index in [9.17, 15) is 9.59 Å². The highest BCUT2D eigenvalue weighted by Crippen LogP contribution is 2.23. The van der Waals surface area contributed by atoms with E-state index in [1.54, 1.807) is 11.0 Å². The highest BCUT2D eigenvalue weighted by atomic mass is 16.4. The minimum Gasteiger partial charge on any atom is -0.481 e. The van der Waals surface area contributed by atoms with Gasteiger partial charge in [-0.2, -0.15) is 0 Å². The van der Waals surface area contributed by atoms with Gasteiger partial charge in [0, 0.05) is 25.9 Å². The molecule has 1 N–H and O–H groups in total. The van der Waals surface area contributed by atoms with Crippen molar-refractivity contribution in [1.29, 1.82) is 0 Å². The van der Waals surface area contributed by atoms with E-state index in [1.807, 2.05) is 13.0 Å². The third-order valence-electron chi connectivity index (χ3n) is 3.89. The van der Waals surface area contributed by atoms with Crippen LogP contribution >= 0.6 is 0 Å². The predicted octanol–water partition coefficient (Wildman–Crippen LogP) is 2.56. The van der Waals surface area contributed by atoms with Gasteiger partial charge in [0.15, 0.2) is 5.76 Å². The summed E-state index contributed by atoms with van der Waals surface area (Å²) in [5, 5.41) is 8.68.